The Kier molecular flexibility index (Phi) is 4.30. The van der Waals surface area contributed by atoms with Gasteiger partial charge in [-0.25, -0.2) is 4.79 Å². The first-order valence-electron chi connectivity index (χ1n) is 9.18. The molecule has 0 aliphatic carbocycles. The second-order valence-electron chi connectivity index (χ2n) is 6.67. The lowest BCUT2D eigenvalue weighted by atomic mass is 10.1. The van der Waals surface area contributed by atoms with Crippen LogP contribution in [0.25, 0.3) is 27.6 Å². The molecule has 1 N–H and O–H groups in total. The molecular weight excluding hydrogens is 386 g/mol. The normalized spacial score (nSPS) is 11.2. The van der Waals surface area contributed by atoms with E-state index in [9.17, 15) is 4.79 Å². The van der Waals surface area contributed by atoms with Gasteiger partial charge in [0.15, 0.2) is 0 Å². The molecule has 29 heavy (non-hydrogen) atoms. The van der Waals surface area contributed by atoms with E-state index in [2.05, 4.69) is 10.3 Å². The fourth-order valence-corrected chi connectivity index (χ4v) is 3.78. The van der Waals surface area contributed by atoms with Crippen LogP contribution in [0.4, 0.5) is 5.82 Å². The highest BCUT2D eigenvalue weighted by Crippen LogP contribution is 2.35. The third-order valence-corrected chi connectivity index (χ3v) is 5.18. The number of furan rings is 1. The topological polar surface area (TPSA) is 60.1 Å². The van der Waals surface area contributed by atoms with Gasteiger partial charge in [-0.3, -0.25) is 4.57 Å². The largest absolute Gasteiger partial charge is 0.463 e. The Morgan fingerprint density at radius 3 is 2.48 bits per heavy atom. The minimum absolute atomic E-state index is 0.388. The smallest absolute Gasteiger partial charge is 0.354 e. The first kappa shape index (κ1) is 17.5. The van der Waals surface area contributed by atoms with Crippen molar-refractivity contribution in [1.29, 1.82) is 0 Å². The number of halogens is 1. The molecule has 0 saturated heterocycles. The van der Waals surface area contributed by atoms with Gasteiger partial charge >= 0.3 is 5.69 Å². The second-order valence-corrected chi connectivity index (χ2v) is 7.08. The SMILES string of the molecule is O=c1nc(NCc2ccccc2)c2c3occc3c(Cl)cc2n1-c1ccccc1. The highest BCUT2D eigenvalue weighted by atomic mass is 35.5. The van der Waals surface area contributed by atoms with E-state index in [1.807, 2.05) is 66.7 Å². The highest BCUT2D eigenvalue weighted by Gasteiger charge is 2.18. The number of aromatic nitrogens is 2. The maximum Gasteiger partial charge on any atom is 0.354 e. The van der Waals surface area contributed by atoms with Crippen molar-refractivity contribution < 1.29 is 4.42 Å². The first-order chi connectivity index (χ1) is 14.2. The lowest BCUT2D eigenvalue weighted by Gasteiger charge is -2.15. The van der Waals surface area contributed by atoms with E-state index >= 15 is 0 Å². The molecule has 0 radical (unpaired) electrons. The Bertz CT molecular complexity index is 1380. The fraction of sp³-hybridized carbons (Fsp3) is 0.0435. The molecule has 5 rings (SSSR count). The van der Waals surface area contributed by atoms with Crippen molar-refractivity contribution in [3.63, 3.8) is 0 Å². The van der Waals surface area contributed by atoms with Crippen molar-refractivity contribution in [3.05, 3.63) is 100 Å². The molecule has 2 heterocycles. The quantitative estimate of drug-likeness (QED) is 0.438. The molecule has 0 aliphatic rings. The minimum Gasteiger partial charge on any atom is -0.463 e. The molecule has 0 atom stereocenters. The van der Waals surface area contributed by atoms with Gasteiger partial charge in [0.2, 0.25) is 0 Å². The Morgan fingerprint density at radius 2 is 1.72 bits per heavy atom. The summed E-state index contributed by atoms with van der Waals surface area (Å²) in [6, 6.07) is 22.9. The summed E-state index contributed by atoms with van der Waals surface area (Å²) in [4.78, 5) is 17.3. The Balaban J connectivity index is 1.78. The van der Waals surface area contributed by atoms with Gasteiger partial charge in [-0.05, 0) is 29.8 Å². The van der Waals surface area contributed by atoms with Crippen molar-refractivity contribution in [1.82, 2.24) is 9.55 Å². The van der Waals surface area contributed by atoms with Gasteiger partial charge in [-0.1, -0.05) is 60.1 Å². The van der Waals surface area contributed by atoms with E-state index < -0.39 is 0 Å². The molecule has 6 heteroatoms. The van der Waals surface area contributed by atoms with Gasteiger partial charge in [-0.15, -0.1) is 0 Å². The van der Waals surface area contributed by atoms with Crippen LogP contribution < -0.4 is 11.0 Å². The number of benzene rings is 3. The van der Waals surface area contributed by atoms with Crippen LogP contribution >= 0.6 is 11.6 Å². The van der Waals surface area contributed by atoms with Crippen LogP contribution in [-0.4, -0.2) is 9.55 Å². The van der Waals surface area contributed by atoms with E-state index in [-0.39, 0.29) is 5.69 Å². The summed E-state index contributed by atoms with van der Waals surface area (Å²) in [6.07, 6.45) is 1.59. The zero-order valence-electron chi connectivity index (χ0n) is 15.3. The van der Waals surface area contributed by atoms with Gasteiger partial charge in [0.25, 0.3) is 0 Å². The standard InChI is InChI=1S/C23H16ClN3O2/c24-18-13-19-20(21-17(18)11-12-29-21)22(25-14-15-7-3-1-4-8-15)26-23(28)27(19)16-9-5-2-6-10-16/h1-13H,14H2,(H,25,26,28). The average molecular weight is 402 g/mol. The van der Waals surface area contributed by atoms with Crippen LogP contribution in [-0.2, 0) is 6.54 Å². The Labute approximate surface area is 171 Å². The van der Waals surface area contributed by atoms with Gasteiger partial charge < -0.3 is 9.73 Å². The molecule has 0 saturated carbocycles. The van der Waals surface area contributed by atoms with Gasteiger partial charge in [-0.2, -0.15) is 4.98 Å². The maximum atomic E-state index is 13.0. The van der Waals surface area contributed by atoms with Crippen LogP contribution in [0.5, 0.6) is 0 Å². The van der Waals surface area contributed by atoms with E-state index in [4.69, 9.17) is 16.0 Å². The van der Waals surface area contributed by atoms with Crippen LogP contribution in [0.1, 0.15) is 5.56 Å². The zero-order chi connectivity index (χ0) is 19.8. The van der Waals surface area contributed by atoms with E-state index in [1.165, 1.54) is 0 Å². The molecule has 2 aromatic heterocycles. The van der Waals surface area contributed by atoms with Crippen LogP contribution in [0.3, 0.4) is 0 Å². The molecule has 0 fully saturated rings. The summed E-state index contributed by atoms with van der Waals surface area (Å²) in [6.45, 7) is 0.530. The zero-order valence-corrected chi connectivity index (χ0v) is 16.1. The second kappa shape index (κ2) is 7.11. The van der Waals surface area contributed by atoms with E-state index in [1.54, 1.807) is 16.9 Å². The molecule has 142 valence electrons. The number of anilines is 1. The lowest BCUT2D eigenvalue weighted by molar-refractivity contribution is 0.619. The number of fused-ring (bicyclic) bond motifs is 3. The molecule has 3 aromatic carbocycles. The summed E-state index contributed by atoms with van der Waals surface area (Å²) in [7, 11) is 0. The van der Waals surface area contributed by atoms with Crippen molar-refractivity contribution in [2.45, 2.75) is 6.54 Å². The number of para-hydroxylation sites is 1. The molecule has 0 spiro atoms. The molecule has 0 aliphatic heterocycles. The third-order valence-electron chi connectivity index (χ3n) is 4.86. The monoisotopic (exact) mass is 401 g/mol. The lowest BCUT2D eigenvalue weighted by Crippen LogP contribution is -2.23. The fourth-order valence-electron chi connectivity index (χ4n) is 3.52. The summed E-state index contributed by atoms with van der Waals surface area (Å²) in [5.74, 6) is 0.470. The van der Waals surface area contributed by atoms with E-state index in [0.29, 0.717) is 39.6 Å². The Morgan fingerprint density at radius 1 is 1.00 bits per heavy atom. The predicted octanol–water partition coefficient (Wildman–Crippen LogP) is 5.40. The van der Waals surface area contributed by atoms with Crippen molar-refractivity contribution >= 4 is 39.3 Å². The number of rotatable bonds is 4. The average Bonchev–Trinajstić information content (AvgIpc) is 3.24. The summed E-state index contributed by atoms with van der Waals surface area (Å²) < 4.78 is 7.31. The Hall–Kier alpha value is -3.57. The van der Waals surface area contributed by atoms with E-state index in [0.717, 1.165) is 10.9 Å². The third kappa shape index (κ3) is 3.05. The van der Waals surface area contributed by atoms with Crippen LogP contribution in [0.15, 0.2) is 88.3 Å². The van der Waals surface area contributed by atoms with Gasteiger partial charge in [0, 0.05) is 11.9 Å². The molecule has 0 unspecified atom stereocenters. The number of nitrogens with one attached hydrogen (secondary N) is 1. The maximum absolute atomic E-state index is 13.0. The molecule has 0 amide bonds. The molecular formula is C23H16ClN3O2. The highest BCUT2D eigenvalue weighted by molar-refractivity contribution is 6.37. The predicted molar refractivity (Wildman–Crippen MR) is 116 cm³/mol. The van der Waals surface area contributed by atoms with Crippen molar-refractivity contribution in [2.75, 3.05) is 5.32 Å². The van der Waals surface area contributed by atoms with Gasteiger partial charge in [0.05, 0.1) is 27.9 Å². The summed E-state index contributed by atoms with van der Waals surface area (Å²) in [5, 5.41) is 5.31. The summed E-state index contributed by atoms with van der Waals surface area (Å²) in [5.41, 5.74) is 2.65. The van der Waals surface area contributed by atoms with Crippen molar-refractivity contribution in [2.24, 2.45) is 0 Å². The van der Waals surface area contributed by atoms with Crippen LogP contribution in [0.2, 0.25) is 5.02 Å². The van der Waals surface area contributed by atoms with Gasteiger partial charge in [0.1, 0.15) is 11.4 Å². The molecule has 5 aromatic rings. The molecule has 0 bridgehead atoms. The number of hydrogen-bond acceptors (Lipinski definition) is 4. The minimum atomic E-state index is -0.388. The van der Waals surface area contributed by atoms with Crippen LogP contribution in [0, 0.1) is 0 Å². The van der Waals surface area contributed by atoms with Crippen molar-refractivity contribution in [3.8, 4) is 5.69 Å². The number of nitrogens with zero attached hydrogens (tertiary/aromatic N) is 2. The summed E-state index contributed by atoms with van der Waals surface area (Å²) >= 11 is 6.50. The number of hydrogen-bond donors (Lipinski definition) is 1. The first-order valence-corrected chi connectivity index (χ1v) is 9.56. The molecule has 5 nitrogen and oxygen atoms in total.